The average Bonchev–Trinajstić information content (AvgIpc) is 2.99. The zero-order valence-corrected chi connectivity index (χ0v) is 20.0. The van der Waals surface area contributed by atoms with Gasteiger partial charge in [0.05, 0.1) is 13.7 Å². The number of fused-ring (bicyclic) bond motifs is 1. The molecule has 2 rings (SSSR count). The van der Waals surface area contributed by atoms with Crippen molar-refractivity contribution < 1.29 is 18.8 Å². The maximum atomic E-state index is 12.2. The maximum Gasteiger partial charge on any atom is 0.325 e. The summed E-state index contributed by atoms with van der Waals surface area (Å²) in [6.45, 7) is 15.8. The van der Waals surface area contributed by atoms with E-state index in [9.17, 15) is 9.59 Å². The number of ether oxygens (including phenoxy) is 1. The molecule has 160 valence electrons. The zero-order valence-electron chi connectivity index (χ0n) is 19.0. The van der Waals surface area contributed by atoms with Crippen LogP contribution in [0.4, 0.5) is 0 Å². The fourth-order valence-corrected chi connectivity index (χ4v) is 10.2. The molecule has 0 spiro atoms. The standard InChI is InChI=1S/C23H35NO4Si/c1-15(2)29(16(3)4,17(5)6)28-14-19-9-10-22-20(11-19)21(18(7)25)12-24(22)13-23(26)27-8/h9-12,15-17H,13-14H2,1-8H3. The topological polar surface area (TPSA) is 57.5 Å². The molecule has 2 aromatic rings. The molecule has 0 amide bonds. The molecular formula is C23H35NO4Si. The molecule has 29 heavy (non-hydrogen) atoms. The van der Waals surface area contributed by atoms with Gasteiger partial charge in [-0.2, -0.15) is 0 Å². The van der Waals surface area contributed by atoms with E-state index >= 15 is 0 Å². The number of hydrogen-bond acceptors (Lipinski definition) is 4. The molecule has 1 aromatic heterocycles. The molecule has 0 saturated heterocycles. The lowest BCUT2D eigenvalue weighted by atomic mass is 10.1. The van der Waals surface area contributed by atoms with Crippen LogP contribution in [0.2, 0.25) is 16.6 Å². The van der Waals surface area contributed by atoms with Crippen LogP contribution in [0.15, 0.2) is 24.4 Å². The molecule has 0 aliphatic heterocycles. The first-order valence-corrected chi connectivity index (χ1v) is 12.5. The number of aromatic nitrogens is 1. The lowest BCUT2D eigenvalue weighted by molar-refractivity contribution is -0.141. The Kier molecular flexibility index (Phi) is 7.46. The molecule has 6 heteroatoms. The SMILES string of the molecule is COC(=O)Cn1cc(C(C)=O)c2cc(CO[Si](C(C)C)(C(C)C)C(C)C)ccc21. The number of ketones is 1. The molecule has 0 saturated carbocycles. The van der Waals surface area contributed by atoms with E-state index in [2.05, 4.69) is 41.5 Å². The van der Waals surface area contributed by atoms with Gasteiger partial charge < -0.3 is 13.7 Å². The number of hydrogen-bond donors (Lipinski definition) is 0. The van der Waals surface area contributed by atoms with Gasteiger partial charge >= 0.3 is 5.97 Å². The Morgan fingerprint density at radius 2 is 1.62 bits per heavy atom. The van der Waals surface area contributed by atoms with Crippen LogP contribution in [0.5, 0.6) is 0 Å². The average molecular weight is 418 g/mol. The molecule has 1 heterocycles. The van der Waals surface area contributed by atoms with Crippen molar-refractivity contribution in [3.05, 3.63) is 35.5 Å². The molecule has 0 aliphatic carbocycles. The summed E-state index contributed by atoms with van der Waals surface area (Å²) in [5, 5.41) is 0.855. The van der Waals surface area contributed by atoms with Crippen molar-refractivity contribution in [2.24, 2.45) is 0 Å². The van der Waals surface area contributed by atoms with Gasteiger partial charge in [0.2, 0.25) is 8.32 Å². The maximum absolute atomic E-state index is 12.2. The van der Waals surface area contributed by atoms with E-state index in [1.165, 1.54) is 7.11 Å². The second-order valence-electron chi connectivity index (χ2n) is 8.76. The first kappa shape index (κ1) is 23.4. The van der Waals surface area contributed by atoms with Crippen molar-refractivity contribution in [2.75, 3.05) is 7.11 Å². The lowest BCUT2D eigenvalue weighted by Crippen LogP contribution is -2.47. The van der Waals surface area contributed by atoms with Gasteiger partial charge in [0.1, 0.15) is 6.54 Å². The quantitative estimate of drug-likeness (QED) is 0.298. The lowest BCUT2D eigenvalue weighted by Gasteiger charge is -2.42. The molecule has 5 nitrogen and oxygen atoms in total. The molecule has 0 atom stereocenters. The predicted molar refractivity (Wildman–Crippen MR) is 120 cm³/mol. The third-order valence-electron chi connectivity index (χ3n) is 6.05. The number of rotatable bonds is 9. The van der Waals surface area contributed by atoms with E-state index in [4.69, 9.17) is 9.16 Å². The Morgan fingerprint density at radius 1 is 1.03 bits per heavy atom. The minimum absolute atomic E-state index is 0.0213. The van der Waals surface area contributed by atoms with Crippen LogP contribution in [-0.2, 0) is 27.1 Å². The van der Waals surface area contributed by atoms with Gasteiger partial charge in [-0.05, 0) is 41.2 Å². The van der Waals surface area contributed by atoms with Crippen LogP contribution in [0, 0.1) is 0 Å². The molecule has 0 N–H and O–H groups in total. The fourth-order valence-electron chi connectivity index (χ4n) is 4.76. The van der Waals surface area contributed by atoms with Gasteiger partial charge in [0.15, 0.2) is 5.78 Å². The Morgan fingerprint density at radius 3 is 2.10 bits per heavy atom. The Bertz CT molecular complexity index is 861. The van der Waals surface area contributed by atoms with Gasteiger partial charge in [0.25, 0.3) is 0 Å². The summed E-state index contributed by atoms with van der Waals surface area (Å²) in [5.41, 5.74) is 4.06. The number of benzene rings is 1. The van der Waals surface area contributed by atoms with E-state index in [0.717, 1.165) is 16.5 Å². The first-order valence-electron chi connectivity index (χ1n) is 10.4. The molecule has 0 fully saturated rings. The summed E-state index contributed by atoms with van der Waals surface area (Å²) in [4.78, 5) is 23.9. The smallest absolute Gasteiger partial charge is 0.325 e. The third-order valence-corrected chi connectivity index (χ3v) is 12.1. The summed E-state index contributed by atoms with van der Waals surface area (Å²) in [7, 11) is -0.603. The van der Waals surface area contributed by atoms with Crippen LogP contribution in [0.25, 0.3) is 10.9 Å². The number of nitrogens with zero attached hydrogens (tertiary/aromatic N) is 1. The summed E-state index contributed by atoms with van der Waals surface area (Å²) < 4.78 is 13.3. The van der Waals surface area contributed by atoms with Crippen molar-refractivity contribution in [3.63, 3.8) is 0 Å². The highest BCUT2D eigenvalue weighted by Crippen LogP contribution is 2.42. The van der Waals surface area contributed by atoms with E-state index in [0.29, 0.717) is 28.8 Å². The normalized spacial score (nSPS) is 12.4. The van der Waals surface area contributed by atoms with Crippen molar-refractivity contribution in [3.8, 4) is 0 Å². The summed E-state index contributed by atoms with van der Waals surface area (Å²) in [6.07, 6.45) is 1.74. The number of methoxy groups -OCH3 is 1. The van der Waals surface area contributed by atoms with E-state index < -0.39 is 8.32 Å². The van der Waals surface area contributed by atoms with Gasteiger partial charge in [-0.15, -0.1) is 0 Å². The summed E-state index contributed by atoms with van der Waals surface area (Å²) in [6, 6.07) is 6.02. The van der Waals surface area contributed by atoms with Gasteiger partial charge in [-0.3, -0.25) is 9.59 Å². The molecule has 0 radical (unpaired) electrons. The van der Waals surface area contributed by atoms with E-state index in [1.807, 2.05) is 18.2 Å². The Labute approximate surface area is 175 Å². The highest BCUT2D eigenvalue weighted by Gasteiger charge is 2.44. The Balaban J connectivity index is 2.41. The van der Waals surface area contributed by atoms with E-state index in [1.54, 1.807) is 17.7 Å². The number of carbonyl (C=O) groups is 2. The largest absolute Gasteiger partial charge is 0.468 e. The van der Waals surface area contributed by atoms with Gasteiger partial charge in [0, 0.05) is 22.7 Å². The zero-order chi connectivity index (χ0) is 21.9. The molecule has 0 unspecified atom stereocenters. The van der Waals surface area contributed by atoms with Gasteiger partial charge in [-0.25, -0.2) is 0 Å². The number of Topliss-reactive ketones (excluding diaryl/α,β-unsaturated/α-hetero) is 1. The minimum atomic E-state index is -1.97. The molecule has 1 aromatic carbocycles. The molecule has 0 aliphatic rings. The number of carbonyl (C=O) groups excluding carboxylic acids is 2. The highest BCUT2D eigenvalue weighted by atomic mass is 28.4. The Hall–Kier alpha value is -1.92. The predicted octanol–water partition coefficient (Wildman–Crippen LogP) is 5.71. The number of esters is 1. The first-order chi connectivity index (χ1) is 13.5. The van der Waals surface area contributed by atoms with Crippen LogP contribution in [-0.4, -0.2) is 31.7 Å². The third kappa shape index (κ3) is 4.64. The monoisotopic (exact) mass is 417 g/mol. The van der Waals surface area contributed by atoms with Crippen LogP contribution in [0.3, 0.4) is 0 Å². The van der Waals surface area contributed by atoms with Crippen LogP contribution < -0.4 is 0 Å². The van der Waals surface area contributed by atoms with Crippen molar-refractivity contribution in [1.82, 2.24) is 4.57 Å². The van der Waals surface area contributed by atoms with Crippen molar-refractivity contribution in [1.29, 1.82) is 0 Å². The second-order valence-corrected chi connectivity index (χ2v) is 14.2. The van der Waals surface area contributed by atoms with Crippen molar-refractivity contribution in [2.45, 2.75) is 78.2 Å². The minimum Gasteiger partial charge on any atom is -0.468 e. The van der Waals surface area contributed by atoms with Crippen LogP contribution >= 0.6 is 0 Å². The summed E-state index contributed by atoms with van der Waals surface area (Å²) >= 11 is 0. The second kappa shape index (κ2) is 9.26. The molecular weight excluding hydrogens is 382 g/mol. The fraction of sp³-hybridized carbons (Fsp3) is 0.565. The van der Waals surface area contributed by atoms with Crippen molar-refractivity contribution >= 4 is 31.0 Å². The highest BCUT2D eigenvalue weighted by molar-refractivity contribution is 6.77. The van der Waals surface area contributed by atoms with Crippen LogP contribution in [0.1, 0.15) is 64.4 Å². The van der Waals surface area contributed by atoms with Gasteiger partial charge in [-0.1, -0.05) is 47.6 Å². The summed E-state index contributed by atoms with van der Waals surface area (Å²) in [5.74, 6) is -0.363. The van der Waals surface area contributed by atoms with E-state index in [-0.39, 0.29) is 18.3 Å². The molecule has 0 bridgehead atoms.